The Labute approximate surface area is 229 Å². The molecule has 0 aliphatic carbocycles. The van der Waals surface area contributed by atoms with Crippen molar-refractivity contribution in [1.82, 2.24) is 0 Å². The fourth-order valence-electron chi connectivity index (χ4n) is 5.43. The first kappa shape index (κ1) is 24.6. The second kappa shape index (κ2) is 9.26. The lowest BCUT2D eigenvalue weighted by atomic mass is 9.86. The minimum Gasteiger partial charge on any atom is -0.454 e. The molecular weight excluding hydrogens is 476 g/mol. The van der Waals surface area contributed by atoms with E-state index in [0.717, 1.165) is 55.4 Å². The molecule has 0 saturated carbocycles. The van der Waals surface area contributed by atoms with E-state index in [4.69, 9.17) is 4.42 Å². The van der Waals surface area contributed by atoms with Crippen LogP contribution in [0.2, 0.25) is 0 Å². The number of hydrogen-bond donors (Lipinski definition) is 0. The van der Waals surface area contributed by atoms with Crippen LogP contribution in [0.5, 0.6) is 0 Å². The Hall–Kier alpha value is -4.68. The summed E-state index contributed by atoms with van der Waals surface area (Å²) in [5.74, 6) is 0. The molecule has 0 saturated heterocycles. The highest BCUT2D eigenvalue weighted by Gasteiger charge is 2.22. The number of hydrogen-bond acceptors (Lipinski definition) is 2. The Bertz CT molecular complexity index is 1890. The highest BCUT2D eigenvalue weighted by molar-refractivity contribution is 6.13. The lowest BCUT2D eigenvalue weighted by Crippen LogP contribution is -2.30. The SMILES string of the molecule is Cc1ccc2c(oc3c(-c4ccc(-c5ccc(C(C)(C)C)cc5)cc4)cc(C#N)cc32)c1-c1cccc[n+]1C. The number of aromatic nitrogens is 1. The van der Waals surface area contributed by atoms with Gasteiger partial charge in [0, 0.05) is 28.5 Å². The average Bonchev–Trinajstić information content (AvgIpc) is 3.31. The van der Waals surface area contributed by atoms with Crippen LogP contribution >= 0.6 is 0 Å². The monoisotopic (exact) mass is 507 g/mol. The Balaban J connectivity index is 1.51. The van der Waals surface area contributed by atoms with Gasteiger partial charge < -0.3 is 4.42 Å². The molecule has 0 aliphatic heterocycles. The van der Waals surface area contributed by atoms with E-state index in [1.54, 1.807) is 0 Å². The van der Waals surface area contributed by atoms with Gasteiger partial charge in [-0.3, -0.25) is 0 Å². The van der Waals surface area contributed by atoms with Gasteiger partial charge in [0.05, 0.1) is 17.2 Å². The number of aryl methyl sites for hydroxylation is 2. The summed E-state index contributed by atoms with van der Waals surface area (Å²) in [4.78, 5) is 0. The second-order valence-electron chi connectivity index (χ2n) is 11.3. The summed E-state index contributed by atoms with van der Waals surface area (Å²) in [5.41, 5.74) is 11.3. The van der Waals surface area contributed by atoms with Crippen molar-refractivity contribution in [2.24, 2.45) is 7.05 Å². The van der Waals surface area contributed by atoms with Crippen molar-refractivity contribution in [3.05, 3.63) is 114 Å². The minimum atomic E-state index is 0.127. The van der Waals surface area contributed by atoms with Gasteiger partial charge in [0.25, 0.3) is 0 Å². The van der Waals surface area contributed by atoms with Crippen molar-refractivity contribution in [1.29, 1.82) is 5.26 Å². The van der Waals surface area contributed by atoms with Crippen LogP contribution in [0.3, 0.4) is 0 Å². The maximum atomic E-state index is 9.88. The van der Waals surface area contributed by atoms with Gasteiger partial charge in [0.2, 0.25) is 5.69 Å². The van der Waals surface area contributed by atoms with Crippen LogP contribution in [0.4, 0.5) is 0 Å². The van der Waals surface area contributed by atoms with Gasteiger partial charge in [-0.25, -0.2) is 4.57 Å². The van der Waals surface area contributed by atoms with E-state index in [9.17, 15) is 5.26 Å². The molecule has 3 heteroatoms. The van der Waals surface area contributed by atoms with Gasteiger partial charge in [0.15, 0.2) is 6.20 Å². The summed E-state index contributed by atoms with van der Waals surface area (Å²) in [5, 5.41) is 11.9. The van der Waals surface area contributed by atoms with Crippen molar-refractivity contribution in [3.8, 4) is 39.6 Å². The predicted molar refractivity (Wildman–Crippen MR) is 159 cm³/mol. The molecular formula is C36H31N2O+. The van der Waals surface area contributed by atoms with E-state index in [0.29, 0.717) is 5.56 Å². The number of furan rings is 1. The van der Waals surface area contributed by atoms with Crippen molar-refractivity contribution >= 4 is 21.9 Å². The van der Waals surface area contributed by atoms with E-state index in [1.807, 2.05) is 37.5 Å². The molecule has 0 aliphatic rings. The molecule has 0 spiro atoms. The zero-order chi connectivity index (χ0) is 27.3. The van der Waals surface area contributed by atoms with Gasteiger partial charge >= 0.3 is 0 Å². The highest BCUT2D eigenvalue weighted by atomic mass is 16.3. The smallest absolute Gasteiger partial charge is 0.216 e. The summed E-state index contributed by atoms with van der Waals surface area (Å²) in [6.45, 7) is 8.81. The first-order valence-electron chi connectivity index (χ1n) is 13.3. The van der Waals surface area contributed by atoms with Gasteiger partial charge in [-0.2, -0.15) is 5.26 Å². The molecule has 0 fully saturated rings. The summed E-state index contributed by atoms with van der Waals surface area (Å²) in [6.07, 6.45) is 2.05. The predicted octanol–water partition coefficient (Wildman–Crippen LogP) is 8.89. The molecule has 0 unspecified atom stereocenters. The zero-order valence-corrected chi connectivity index (χ0v) is 23.0. The molecule has 6 rings (SSSR count). The van der Waals surface area contributed by atoms with Crippen LogP contribution in [0, 0.1) is 18.3 Å². The van der Waals surface area contributed by atoms with Crippen molar-refractivity contribution in [2.75, 3.05) is 0 Å². The van der Waals surface area contributed by atoms with E-state index in [1.165, 1.54) is 11.1 Å². The molecule has 2 aromatic heterocycles. The van der Waals surface area contributed by atoms with E-state index >= 15 is 0 Å². The summed E-state index contributed by atoms with van der Waals surface area (Å²) >= 11 is 0. The molecule has 2 heterocycles. The van der Waals surface area contributed by atoms with Crippen LogP contribution in [0.15, 0.2) is 102 Å². The first-order chi connectivity index (χ1) is 18.7. The maximum absolute atomic E-state index is 9.88. The van der Waals surface area contributed by atoms with E-state index < -0.39 is 0 Å². The number of pyridine rings is 1. The molecule has 3 nitrogen and oxygen atoms in total. The molecule has 190 valence electrons. The largest absolute Gasteiger partial charge is 0.454 e. The Morgan fingerprint density at radius 2 is 1.41 bits per heavy atom. The van der Waals surface area contributed by atoms with Crippen molar-refractivity contribution < 1.29 is 8.98 Å². The second-order valence-corrected chi connectivity index (χ2v) is 11.3. The summed E-state index contributed by atoms with van der Waals surface area (Å²) in [6, 6.07) is 34.0. The standard InChI is InChI=1S/C36H31N2O/c1-23-9-18-29-31-21-24(22-37)20-30(34(31)39-35(29)33(23)32-8-6-7-19-38(32)5)27-12-10-25(11-13-27)26-14-16-28(17-15-26)36(2,3)4/h6-21H,1-5H3/q+1. The van der Waals surface area contributed by atoms with Gasteiger partial charge in [-0.1, -0.05) is 81.4 Å². The number of fused-ring (bicyclic) bond motifs is 3. The quantitative estimate of drug-likeness (QED) is 0.224. The van der Waals surface area contributed by atoms with Crippen LogP contribution in [0.1, 0.15) is 37.5 Å². The number of benzene rings is 4. The van der Waals surface area contributed by atoms with Gasteiger partial charge in [-0.05, 0) is 58.4 Å². The molecule has 0 amide bonds. The normalized spacial score (nSPS) is 11.7. The fourth-order valence-corrected chi connectivity index (χ4v) is 5.43. The zero-order valence-electron chi connectivity index (χ0n) is 23.0. The summed E-state index contributed by atoms with van der Waals surface area (Å²) in [7, 11) is 2.05. The molecule has 0 bridgehead atoms. The Morgan fingerprint density at radius 1 is 0.744 bits per heavy atom. The number of nitriles is 1. The van der Waals surface area contributed by atoms with Crippen molar-refractivity contribution in [3.63, 3.8) is 0 Å². The molecule has 0 atom stereocenters. The third-order valence-corrected chi connectivity index (χ3v) is 7.67. The van der Waals surface area contributed by atoms with Crippen molar-refractivity contribution in [2.45, 2.75) is 33.1 Å². The lowest BCUT2D eigenvalue weighted by Gasteiger charge is -2.19. The lowest BCUT2D eigenvalue weighted by molar-refractivity contribution is -0.660. The number of rotatable bonds is 3. The Morgan fingerprint density at radius 3 is 2.05 bits per heavy atom. The molecule has 6 aromatic rings. The number of nitrogens with zero attached hydrogens (tertiary/aromatic N) is 2. The van der Waals surface area contributed by atoms with Crippen LogP contribution in [-0.4, -0.2) is 0 Å². The minimum absolute atomic E-state index is 0.127. The third-order valence-electron chi connectivity index (χ3n) is 7.67. The third kappa shape index (κ3) is 4.29. The average molecular weight is 508 g/mol. The molecule has 0 N–H and O–H groups in total. The fraction of sp³-hybridized carbons (Fsp3) is 0.167. The van der Waals surface area contributed by atoms with E-state index in [2.05, 4.69) is 105 Å². The van der Waals surface area contributed by atoms with Crippen LogP contribution in [0.25, 0.3) is 55.4 Å². The van der Waals surface area contributed by atoms with Gasteiger partial charge in [0.1, 0.15) is 18.2 Å². The first-order valence-corrected chi connectivity index (χ1v) is 13.3. The topological polar surface area (TPSA) is 40.8 Å². The maximum Gasteiger partial charge on any atom is 0.216 e. The van der Waals surface area contributed by atoms with Crippen LogP contribution < -0.4 is 4.57 Å². The summed E-state index contributed by atoms with van der Waals surface area (Å²) < 4.78 is 8.81. The van der Waals surface area contributed by atoms with Gasteiger partial charge in [-0.15, -0.1) is 0 Å². The molecule has 0 radical (unpaired) electrons. The molecule has 4 aromatic carbocycles. The Kier molecular flexibility index (Phi) is 5.85. The molecule has 39 heavy (non-hydrogen) atoms. The van der Waals surface area contributed by atoms with E-state index in [-0.39, 0.29) is 5.41 Å². The highest BCUT2D eigenvalue weighted by Crippen LogP contribution is 2.41. The van der Waals surface area contributed by atoms with Crippen LogP contribution in [-0.2, 0) is 12.5 Å².